The summed E-state index contributed by atoms with van der Waals surface area (Å²) in [6.07, 6.45) is 0.183. The number of anilines is 1. The van der Waals surface area contributed by atoms with Gasteiger partial charge in [-0.25, -0.2) is 13.6 Å². The van der Waals surface area contributed by atoms with E-state index in [4.69, 9.17) is 5.14 Å². The first-order chi connectivity index (χ1) is 11.6. The average molecular weight is 370 g/mol. The van der Waals surface area contributed by atoms with E-state index in [0.717, 1.165) is 0 Å². The Kier molecular flexibility index (Phi) is 8.01. The molecule has 0 saturated heterocycles. The van der Waals surface area contributed by atoms with Gasteiger partial charge >= 0.3 is 0 Å². The summed E-state index contributed by atoms with van der Waals surface area (Å²) in [6, 6.07) is 5.82. The van der Waals surface area contributed by atoms with Crippen molar-refractivity contribution >= 4 is 27.5 Å². The van der Waals surface area contributed by atoms with Gasteiger partial charge in [0.05, 0.1) is 11.4 Å². The molecule has 0 radical (unpaired) electrons. The fraction of sp³-hybridized carbons (Fsp3) is 0.500. The van der Waals surface area contributed by atoms with E-state index >= 15 is 0 Å². The van der Waals surface area contributed by atoms with E-state index in [-0.39, 0.29) is 35.7 Å². The zero-order valence-electron chi connectivity index (χ0n) is 14.8. The Bertz CT molecular complexity index is 704. The molecule has 8 nitrogen and oxygen atoms in total. The van der Waals surface area contributed by atoms with Gasteiger partial charge in [0.25, 0.3) is 0 Å². The first-order valence-corrected chi connectivity index (χ1v) is 9.61. The molecule has 0 saturated carbocycles. The highest BCUT2D eigenvalue weighted by Crippen LogP contribution is 2.14. The van der Waals surface area contributed by atoms with Crippen LogP contribution in [0, 0.1) is 0 Å². The third-order valence-electron chi connectivity index (χ3n) is 3.37. The van der Waals surface area contributed by atoms with Gasteiger partial charge in [-0.3, -0.25) is 14.5 Å². The van der Waals surface area contributed by atoms with Crippen molar-refractivity contribution in [3.63, 3.8) is 0 Å². The van der Waals surface area contributed by atoms with Gasteiger partial charge in [-0.05, 0) is 38.6 Å². The third kappa shape index (κ3) is 8.10. The Morgan fingerprint density at radius 3 is 2.48 bits per heavy atom. The summed E-state index contributed by atoms with van der Waals surface area (Å²) in [4.78, 5) is 25.6. The molecule has 0 aromatic heterocycles. The molecule has 2 amide bonds. The minimum Gasteiger partial charge on any atom is -0.353 e. The third-order valence-corrected chi connectivity index (χ3v) is 4.28. The molecule has 0 fully saturated rings. The number of amides is 2. The molecule has 0 spiro atoms. The number of carbonyl (C=O) groups is 2. The van der Waals surface area contributed by atoms with Crippen molar-refractivity contribution in [2.24, 2.45) is 5.14 Å². The SMILES string of the molecule is CCN(CCC(=O)Nc1cccc(S(N)(=O)=O)c1)CC(=O)NC(C)C. The summed E-state index contributed by atoms with van der Waals surface area (Å²) < 4.78 is 22.6. The second-order valence-corrected chi connectivity index (χ2v) is 7.52. The number of hydrogen-bond acceptors (Lipinski definition) is 5. The molecule has 0 aliphatic rings. The molecule has 9 heteroatoms. The van der Waals surface area contributed by atoms with Crippen LogP contribution >= 0.6 is 0 Å². The lowest BCUT2D eigenvalue weighted by atomic mass is 10.3. The van der Waals surface area contributed by atoms with E-state index in [9.17, 15) is 18.0 Å². The summed E-state index contributed by atoms with van der Waals surface area (Å²) in [5, 5.41) is 10.5. The Morgan fingerprint density at radius 2 is 1.92 bits per heavy atom. The number of sulfonamides is 1. The van der Waals surface area contributed by atoms with Gasteiger partial charge in [0.15, 0.2) is 0 Å². The highest BCUT2D eigenvalue weighted by atomic mass is 32.2. The number of carbonyl (C=O) groups excluding carboxylic acids is 2. The molecule has 1 aromatic carbocycles. The Morgan fingerprint density at radius 1 is 1.24 bits per heavy atom. The van der Waals surface area contributed by atoms with Crippen molar-refractivity contribution in [1.82, 2.24) is 10.2 Å². The molecule has 0 unspecified atom stereocenters. The lowest BCUT2D eigenvalue weighted by Crippen LogP contribution is -2.41. The second kappa shape index (κ2) is 9.50. The van der Waals surface area contributed by atoms with E-state index in [1.807, 2.05) is 25.7 Å². The molecule has 0 aliphatic carbocycles. The van der Waals surface area contributed by atoms with Crippen LogP contribution in [0.3, 0.4) is 0 Å². The molecule has 0 atom stereocenters. The van der Waals surface area contributed by atoms with Gasteiger partial charge < -0.3 is 10.6 Å². The van der Waals surface area contributed by atoms with Crippen molar-refractivity contribution in [1.29, 1.82) is 0 Å². The van der Waals surface area contributed by atoms with Crippen molar-refractivity contribution in [3.8, 4) is 0 Å². The summed E-state index contributed by atoms with van der Waals surface area (Å²) >= 11 is 0. The van der Waals surface area contributed by atoms with E-state index in [0.29, 0.717) is 18.8 Å². The minimum atomic E-state index is -3.82. The van der Waals surface area contributed by atoms with Crippen molar-refractivity contribution < 1.29 is 18.0 Å². The first-order valence-electron chi connectivity index (χ1n) is 8.06. The van der Waals surface area contributed by atoms with Crippen molar-refractivity contribution in [3.05, 3.63) is 24.3 Å². The minimum absolute atomic E-state index is 0.0640. The van der Waals surface area contributed by atoms with Crippen LogP contribution < -0.4 is 15.8 Å². The highest BCUT2D eigenvalue weighted by molar-refractivity contribution is 7.89. The van der Waals surface area contributed by atoms with Crippen LogP contribution in [0.15, 0.2) is 29.2 Å². The van der Waals surface area contributed by atoms with Crippen LogP contribution in [0.2, 0.25) is 0 Å². The Balaban J connectivity index is 2.55. The van der Waals surface area contributed by atoms with Crippen LogP contribution in [0.1, 0.15) is 27.2 Å². The highest BCUT2D eigenvalue weighted by Gasteiger charge is 2.13. The number of benzene rings is 1. The molecule has 25 heavy (non-hydrogen) atoms. The van der Waals surface area contributed by atoms with Gasteiger partial charge in [-0.1, -0.05) is 13.0 Å². The molecule has 4 N–H and O–H groups in total. The van der Waals surface area contributed by atoms with Crippen molar-refractivity contribution in [2.45, 2.75) is 38.1 Å². The maximum absolute atomic E-state index is 12.0. The monoisotopic (exact) mass is 370 g/mol. The van der Waals surface area contributed by atoms with Gasteiger partial charge in [0.1, 0.15) is 0 Å². The van der Waals surface area contributed by atoms with E-state index in [1.54, 1.807) is 6.07 Å². The predicted molar refractivity (Wildman–Crippen MR) is 96.5 cm³/mol. The van der Waals surface area contributed by atoms with Gasteiger partial charge in [-0.2, -0.15) is 0 Å². The number of nitrogens with one attached hydrogen (secondary N) is 2. The van der Waals surface area contributed by atoms with E-state index in [1.165, 1.54) is 18.2 Å². The van der Waals surface area contributed by atoms with Gasteiger partial charge in [-0.15, -0.1) is 0 Å². The standard InChI is InChI=1S/C16H26N4O4S/c1-4-20(11-16(22)18-12(2)3)9-8-15(21)19-13-6-5-7-14(10-13)25(17,23)24/h5-7,10,12H,4,8-9,11H2,1-3H3,(H,18,22)(H,19,21)(H2,17,23,24). The lowest BCUT2D eigenvalue weighted by molar-refractivity contribution is -0.123. The normalized spacial score (nSPS) is 11.6. The molecule has 0 aliphatic heterocycles. The molecule has 1 aromatic rings. The smallest absolute Gasteiger partial charge is 0.238 e. The Labute approximate surface area is 148 Å². The number of nitrogens with zero attached hydrogens (tertiary/aromatic N) is 1. The quantitative estimate of drug-likeness (QED) is 0.585. The lowest BCUT2D eigenvalue weighted by Gasteiger charge is -2.20. The largest absolute Gasteiger partial charge is 0.353 e. The maximum atomic E-state index is 12.0. The van der Waals surface area contributed by atoms with Crippen LogP contribution in [0.4, 0.5) is 5.69 Å². The zero-order chi connectivity index (χ0) is 19.0. The van der Waals surface area contributed by atoms with Crippen LogP contribution in [0.25, 0.3) is 0 Å². The van der Waals surface area contributed by atoms with Crippen LogP contribution in [-0.4, -0.2) is 50.8 Å². The second-order valence-electron chi connectivity index (χ2n) is 5.96. The summed E-state index contributed by atoms with van der Waals surface area (Å²) in [6.45, 7) is 6.97. The van der Waals surface area contributed by atoms with E-state index in [2.05, 4.69) is 10.6 Å². The number of nitrogens with two attached hydrogens (primary N) is 1. The molecule has 140 valence electrons. The molecular weight excluding hydrogens is 344 g/mol. The number of primary sulfonamides is 1. The topological polar surface area (TPSA) is 122 Å². The number of hydrogen-bond donors (Lipinski definition) is 3. The van der Waals surface area contributed by atoms with Crippen molar-refractivity contribution in [2.75, 3.05) is 25.0 Å². The maximum Gasteiger partial charge on any atom is 0.238 e. The zero-order valence-corrected chi connectivity index (χ0v) is 15.6. The average Bonchev–Trinajstić information content (AvgIpc) is 2.50. The van der Waals surface area contributed by atoms with E-state index < -0.39 is 10.0 Å². The molecule has 1 rings (SSSR count). The van der Waals surface area contributed by atoms with Gasteiger partial charge in [0, 0.05) is 24.7 Å². The molecular formula is C16H26N4O4S. The fourth-order valence-electron chi connectivity index (χ4n) is 2.15. The molecule has 0 heterocycles. The number of likely N-dealkylation sites (N-methyl/N-ethyl adjacent to an activating group) is 1. The Hall–Kier alpha value is -1.97. The summed E-state index contributed by atoms with van der Waals surface area (Å²) in [7, 11) is -3.82. The van der Waals surface area contributed by atoms with Crippen LogP contribution in [-0.2, 0) is 19.6 Å². The van der Waals surface area contributed by atoms with Crippen LogP contribution in [0.5, 0.6) is 0 Å². The predicted octanol–water partition coefficient (Wildman–Crippen LogP) is 0.509. The fourth-order valence-corrected chi connectivity index (χ4v) is 2.71. The number of rotatable bonds is 9. The summed E-state index contributed by atoms with van der Waals surface area (Å²) in [5.41, 5.74) is 0.358. The first kappa shape index (κ1) is 21.1. The summed E-state index contributed by atoms with van der Waals surface area (Å²) in [5.74, 6) is -0.354. The molecule has 0 bridgehead atoms. The van der Waals surface area contributed by atoms with Gasteiger partial charge in [0.2, 0.25) is 21.8 Å².